The number of fused-ring (bicyclic) bond motifs is 5. The maximum Gasteiger partial charge on any atom is 0.143 e. The van der Waals surface area contributed by atoms with Gasteiger partial charge < -0.3 is 9.32 Å². The van der Waals surface area contributed by atoms with Crippen LogP contribution in [0.2, 0.25) is 0 Å². The van der Waals surface area contributed by atoms with Gasteiger partial charge in [-0.1, -0.05) is 170 Å². The van der Waals surface area contributed by atoms with Crippen molar-refractivity contribution in [2.24, 2.45) is 0 Å². The van der Waals surface area contributed by atoms with E-state index in [-0.39, 0.29) is 0 Å². The molecule has 0 atom stereocenters. The molecule has 11 aromatic rings. The molecule has 58 heavy (non-hydrogen) atoms. The predicted molar refractivity (Wildman–Crippen MR) is 245 cm³/mol. The van der Waals surface area contributed by atoms with Crippen LogP contribution < -0.4 is 4.90 Å². The molecule has 0 aliphatic heterocycles. The highest BCUT2D eigenvalue weighted by molar-refractivity contribution is 6.09. The average Bonchev–Trinajstić information content (AvgIpc) is 3.69. The fourth-order valence-corrected chi connectivity index (χ4v) is 8.55. The van der Waals surface area contributed by atoms with Crippen molar-refractivity contribution in [1.29, 1.82) is 0 Å². The highest BCUT2D eigenvalue weighted by Crippen LogP contribution is 2.41. The van der Waals surface area contributed by atoms with Crippen molar-refractivity contribution in [2.45, 2.75) is 0 Å². The van der Waals surface area contributed by atoms with Gasteiger partial charge in [-0.2, -0.15) is 0 Å². The van der Waals surface area contributed by atoms with Crippen molar-refractivity contribution in [2.75, 3.05) is 4.90 Å². The van der Waals surface area contributed by atoms with E-state index in [9.17, 15) is 0 Å². The number of hydrogen-bond acceptors (Lipinski definition) is 2. The Balaban J connectivity index is 1.00. The molecule has 0 spiro atoms. The minimum absolute atomic E-state index is 0.905. The van der Waals surface area contributed by atoms with Crippen molar-refractivity contribution < 1.29 is 4.42 Å². The number of rotatable bonds is 7. The molecule has 272 valence electrons. The normalized spacial score (nSPS) is 11.4. The summed E-state index contributed by atoms with van der Waals surface area (Å²) in [6.45, 7) is 0. The van der Waals surface area contributed by atoms with Gasteiger partial charge in [0.2, 0.25) is 0 Å². The van der Waals surface area contributed by atoms with Crippen LogP contribution >= 0.6 is 0 Å². The molecule has 0 unspecified atom stereocenters. The number of para-hydroxylation sites is 2. The quantitative estimate of drug-likeness (QED) is 0.162. The maximum atomic E-state index is 6.43. The summed E-state index contributed by atoms with van der Waals surface area (Å²) < 4.78 is 6.43. The van der Waals surface area contributed by atoms with Gasteiger partial charge >= 0.3 is 0 Å². The highest BCUT2D eigenvalue weighted by atomic mass is 16.3. The molecular formula is C56H37NO. The van der Waals surface area contributed by atoms with E-state index >= 15 is 0 Å². The first-order chi connectivity index (χ1) is 28.7. The second-order valence-electron chi connectivity index (χ2n) is 14.9. The number of hydrogen-bond donors (Lipinski definition) is 0. The Morgan fingerprint density at radius 1 is 0.276 bits per heavy atom. The molecule has 11 rings (SSSR count). The van der Waals surface area contributed by atoms with Crippen LogP contribution in [0.25, 0.3) is 88.0 Å². The number of benzene rings is 10. The zero-order valence-corrected chi connectivity index (χ0v) is 31.7. The van der Waals surface area contributed by atoms with Crippen LogP contribution in [0, 0.1) is 0 Å². The standard InChI is InChI=1S/C56H37NO/c1-2-13-42-35-45(26-25-38(42)11-1)39-27-31-47(32-28-39)57(48-33-29-41(30-34-48)52-22-10-23-54-53-20-5-6-24-55(53)58-56(52)54)49-18-8-16-44(37-49)43-15-7-17-46(36-43)51-21-9-14-40-12-3-4-19-50(40)51/h1-37H. The minimum atomic E-state index is 0.905. The van der Waals surface area contributed by atoms with Crippen LogP contribution in [0.5, 0.6) is 0 Å². The first kappa shape index (κ1) is 33.6. The van der Waals surface area contributed by atoms with Gasteiger partial charge in [0.05, 0.1) is 0 Å². The van der Waals surface area contributed by atoms with Gasteiger partial charge in [-0.05, 0) is 115 Å². The molecule has 1 heterocycles. The topological polar surface area (TPSA) is 16.4 Å². The van der Waals surface area contributed by atoms with E-state index in [4.69, 9.17) is 4.42 Å². The fraction of sp³-hybridized carbons (Fsp3) is 0. The largest absolute Gasteiger partial charge is 0.455 e. The summed E-state index contributed by atoms with van der Waals surface area (Å²) in [6.07, 6.45) is 0. The Morgan fingerprint density at radius 2 is 0.828 bits per heavy atom. The zero-order valence-electron chi connectivity index (χ0n) is 31.7. The van der Waals surface area contributed by atoms with Crippen LogP contribution in [-0.4, -0.2) is 0 Å². The summed E-state index contributed by atoms with van der Waals surface area (Å²) in [6, 6.07) is 80.7. The molecule has 0 saturated carbocycles. The van der Waals surface area contributed by atoms with E-state index in [2.05, 4.69) is 217 Å². The third-order valence-corrected chi connectivity index (χ3v) is 11.4. The average molecular weight is 740 g/mol. The summed E-state index contributed by atoms with van der Waals surface area (Å²) in [7, 11) is 0. The summed E-state index contributed by atoms with van der Waals surface area (Å²) >= 11 is 0. The smallest absolute Gasteiger partial charge is 0.143 e. The lowest BCUT2D eigenvalue weighted by atomic mass is 9.95. The lowest BCUT2D eigenvalue weighted by molar-refractivity contribution is 0.670. The number of furan rings is 1. The molecule has 0 bridgehead atoms. The third-order valence-electron chi connectivity index (χ3n) is 11.4. The van der Waals surface area contributed by atoms with Crippen LogP contribution in [0.4, 0.5) is 17.1 Å². The first-order valence-electron chi connectivity index (χ1n) is 19.8. The second kappa shape index (κ2) is 14.1. The molecule has 2 nitrogen and oxygen atoms in total. The Hall–Kier alpha value is -7.68. The van der Waals surface area contributed by atoms with Gasteiger partial charge in [-0.25, -0.2) is 0 Å². The summed E-state index contributed by atoms with van der Waals surface area (Å²) in [5, 5.41) is 7.26. The van der Waals surface area contributed by atoms with Gasteiger partial charge in [0.15, 0.2) is 0 Å². The van der Waals surface area contributed by atoms with E-state index in [0.29, 0.717) is 0 Å². The van der Waals surface area contributed by atoms with Gasteiger partial charge in [0.1, 0.15) is 11.2 Å². The molecule has 0 N–H and O–H groups in total. The van der Waals surface area contributed by atoms with Crippen LogP contribution in [0.15, 0.2) is 229 Å². The second-order valence-corrected chi connectivity index (χ2v) is 14.9. The van der Waals surface area contributed by atoms with E-state index in [0.717, 1.165) is 55.7 Å². The van der Waals surface area contributed by atoms with Crippen molar-refractivity contribution in [3.05, 3.63) is 224 Å². The van der Waals surface area contributed by atoms with Gasteiger partial charge in [-0.3, -0.25) is 0 Å². The molecule has 0 amide bonds. The minimum Gasteiger partial charge on any atom is -0.455 e. The fourth-order valence-electron chi connectivity index (χ4n) is 8.55. The Labute approximate surface area is 337 Å². The maximum absolute atomic E-state index is 6.43. The number of nitrogens with zero attached hydrogens (tertiary/aromatic N) is 1. The van der Waals surface area contributed by atoms with Crippen molar-refractivity contribution in [3.63, 3.8) is 0 Å². The van der Waals surface area contributed by atoms with Crippen molar-refractivity contribution >= 4 is 60.5 Å². The lowest BCUT2D eigenvalue weighted by Crippen LogP contribution is -2.10. The van der Waals surface area contributed by atoms with Crippen LogP contribution in [-0.2, 0) is 0 Å². The summed E-state index contributed by atoms with van der Waals surface area (Å²) in [5.74, 6) is 0. The molecule has 0 fully saturated rings. The molecule has 0 radical (unpaired) electrons. The Morgan fingerprint density at radius 3 is 1.66 bits per heavy atom. The van der Waals surface area contributed by atoms with Crippen molar-refractivity contribution in [3.8, 4) is 44.5 Å². The van der Waals surface area contributed by atoms with E-state index in [1.165, 1.54) is 49.4 Å². The van der Waals surface area contributed by atoms with Crippen LogP contribution in [0.1, 0.15) is 0 Å². The molecule has 0 aliphatic carbocycles. The SMILES string of the molecule is c1cc(-c2cccc(N(c3ccc(-c4ccc5ccccc5c4)cc3)c3ccc(-c4cccc5c4oc4ccccc45)cc3)c2)cc(-c2cccc3ccccc23)c1. The monoisotopic (exact) mass is 739 g/mol. The number of anilines is 3. The Bertz CT molecular complexity index is 3280. The Kier molecular flexibility index (Phi) is 8.19. The third kappa shape index (κ3) is 6.00. The van der Waals surface area contributed by atoms with Crippen molar-refractivity contribution in [1.82, 2.24) is 0 Å². The molecule has 0 saturated heterocycles. The molecular weight excluding hydrogens is 703 g/mol. The van der Waals surface area contributed by atoms with E-state index < -0.39 is 0 Å². The van der Waals surface area contributed by atoms with E-state index in [1.54, 1.807) is 0 Å². The summed E-state index contributed by atoms with van der Waals surface area (Å²) in [5.41, 5.74) is 14.4. The van der Waals surface area contributed by atoms with Gasteiger partial charge in [0.25, 0.3) is 0 Å². The highest BCUT2D eigenvalue weighted by Gasteiger charge is 2.17. The van der Waals surface area contributed by atoms with Gasteiger partial charge in [0, 0.05) is 33.4 Å². The molecule has 2 heteroatoms. The summed E-state index contributed by atoms with van der Waals surface area (Å²) in [4.78, 5) is 2.35. The van der Waals surface area contributed by atoms with E-state index in [1.807, 2.05) is 12.1 Å². The molecule has 10 aromatic carbocycles. The predicted octanol–water partition coefficient (Wildman–Crippen LogP) is 16.0. The molecule has 0 aliphatic rings. The zero-order chi connectivity index (χ0) is 38.4. The van der Waals surface area contributed by atoms with Gasteiger partial charge in [-0.15, -0.1) is 0 Å². The first-order valence-corrected chi connectivity index (χ1v) is 19.8. The van der Waals surface area contributed by atoms with Crippen LogP contribution in [0.3, 0.4) is 0 Å². The lowest BCUT2D eigenvalue weighted by Gasteiger charge is -2.26. The molecule has 1 aromatic heterocycles.